The van der Waals surface area contributed by atoms with Gasteiger partial charge in [-0.25, -0.2) is 0 Å². The van der Waals surface area contributed by atoms with Crippen LogP contribution in [-0.4, -0.2) is 43.7 Å². The third-order valence-electron chi connectivity index (χ3n) is 1.83. The van der Waals surface area contributed by atoms with Crippen LogP contribution in [0.4, 0.5) is 18.3 Å². The highest BCUT2D eigenvalue weighted by Crippen LogP contribution is 2.32. The number of nitrogens with zero attached hydrogens (tertiary/aromatic N) is 2. The zero-order valence-corrected chi connectivity index (χ0v) is 10.1. The van der Waals surface area contributed by atoms with Crippen molar-refractivity contribution in [1.82, 2.24) is 10.2 Å². The Kier molecular flexibility index (Phi) is 5.09. The quantitative estimate of drug-likeness (QED) is 0.852. The van der Waals surface area contributed by atoms with E-state index in [1.54, 1.807) is 0 Å². The second-order valence-corrected chi connectivity index (χ2v) is 4.08. The molecule has 0 radical (unpaired) electrons. The number of hydrogen-bond donors (Lipinski definition) is 1. The minimum atomic E-state index is -4.45. The summed E-state index contributed by atoms with van der Waals surface area (Å²) < 4.78 is 46.6. The molecular weight excluding hydrogens is 259 g/mol. The molecule has 1 atom stereocenters. The van der Waals surface area contributed by atoms with Crippen molar-refractivity contribution in [2.45, 2.75) is 12.3 Å². The number of halogens is 3. The number of hydrogen-bond acceptors (Lipinski definition) is 6. The Labute approximate surface area is 99.9 Å². The summed E-state index contributed by atoms with van der Waals surface area (Å²) in [6, 6.07) is 0. The molecule has 9 heteroatoms. The maximum Gasteiger partial charge on any atom is 0.445 e. The lowest BCUT2D eigenvalue weighted by atomic mass is 10.4. The van der Waals surface area contributed by atoms with E-state index in [4.69, 9.17) is 9.47 Å². The van der Waals surface area contributed by atoms with Crippen molar-refractivity contribution in [3.05, 3.63) is 5.01 Å². The zero-order chi connectivity index (χ0) is 12.9. The molecule has 1 N–H and O–H groups in total. The van der Waals surface area contributed by atoms with Crippen LogP contribution in [0.25, 0.3) is 0 Å². The first-order chi connectivity index (χ1) is 7.97. The summed E-state index contributed by atoms with van der Waals surface area (Å²) in [5.41, 5.74) is 0. The molecule has 0 amide bonds. The van der Waals surface area contributed by atoms with Gasteiger partial charge in [0.25, 0.3) is 0 Å². The van der Waals surface area contributed by atoms with Gasteiger partial charge in [-0.1, -0.05) is 11.3 Å². The number of rotatable bonds is 6. The summed E-state index contributed by atoms with van der Waals surface area (Å²) in [6.07, 6.45) is -4.71. The van der Waals surface area contributed by atoms with E-state index in [2.05, 4.69) is 15.5 Å². The SMILES string of the molecule is COCC(CNc1nnc(C(F)(F)F)s1)OC. The van der Waals surface area contributed by atoms with E-state index in [-0.39, 0.29) is 11.2 Å². The summed E-state index contributed by atoms with van der Waals surface area (Å²) >= 11 is 0.456. The molecule has 1 rings (SSSR count). The van der Waals surface area contributed by atoms with Gasteiger partial charge in [0.1, 0.15) is 0 Å². The molecule has 1 aromatic heterocycles. The Morgan fingerprint density at radius 3 is 2.53 bits per heavy atom. The van der Waals surface area contributed by atoms with Crippen LogP contribution < -0.4 is 5.32 Å². The summed E-state index contributed by atoms with van der Waals surface area (Å²) in [5, 5.41) is 8.28. The van der Waals surface area contributed by atoms with Crippen molar-refractivity contribution in [3.8, 4) is 0 Å². The third kappa shape index (κ3) is 4.44. The van der Waals surface area contributed by atoms with Crippen molar-refractivity contribution in [2.24, 2.45) is 0 Å². The van der Waals surface area contributed by atoms with Crippen molar-refractivity contribution >= 4 is 16.5 Å². The molecule has 0 saturated heterocycles. The maximum absolute atomic E-state index is 12.2. The lowest BCUT2D eigenvalue weighted by molar-refractivity contribution is -0.138. The minimum absolute atomic E-state index is 0.107. The third-order valence-corrected chi connectivity index (χ3v) is 2.76. The van der Waals surface area contributed by atoms with Crippen LogP contribution >= 0.6 is 11.3 Å². The zero-order valence-electron chi connectivity index (χ0n) is 9.24. The highest BCUT2D eigenvalue weighted by atomic mass is 32.1. The Bertz CT molecular complexity index is 345. The number of alkyl halides is 3. The average molecular weight is 271 g/mol. The second kappa shape index (κ2) is 6.12. The summed E-state index contributed by atoms with van der Waals surface area (Å²) in [4.78, 5) is 0. The minimum Gasteiger partial charge on any atom is -0.382 e. The van der Waals surface area contributed by atoms with Crippen molar-refractivity contribution in [3.63, 3.8) is 0 Å². The maximum atomic E-state index is 12.2. The number of aromatic nitrogens is 2. The van der Waals surface area contributed by atoms with Gasteiger partial charge in [-0.3, -0.25) is 0 Å². The van der Waals surface area contributed by atoms with Gasteiger partial charge in [0.05, 0.1) is 12.7 Å². The number of methoxy groups -OCH3 is 2. The standard InChI is InChI=1S/C8H12F3N3O2S/c1-15-4-5(16-2)3-12-7-14-13-6(17-7)8(9,10)11/h5H,3-4H2,1-2H3,(H,12,14). The van der Waals surface area contributed by atoms with E-state index in [0.717, 1.165) is 0 Å². The molecule has 17 heavy (non-hydrogen) atoms. The molecule has 0 bridgehead atoms. The lowest BCUT2D eigenvalue weighted by Gasteiger charge is -2.13. The fraction of sp³-hybridized carbons (Fsp3) is 0.750. The Balaban J connectivity index is 2.49. The molecule has 0 aliphatic carbocycles. The van der Waals surface area contributed by atoms with E-state index in [0.29, 0.717) is 24.5 Å². The molecule has 0 spiro atoms. The fourth-order valence-electron chi connectivity index (χ4n) is 1.01. The molecule has 0 saturated carbocycles. The number of anilines is 1. The normalized spacial score (nSPS) is 13.7. The monoisotopic (exact) mass is 271 g/mol. The average Bonchev–Trinajstić information content (AvgIpc) is 2.72. The van der Waals surface area contributed by atoms with Crippen LogP contribution in [0, 0.1) is 0 Å². The first-order valence-electron chi connectivity index (χ1n) is 4.63. The molecule has 0 aromatic carbocycles. The Morgan fingerprint density at radius 1 is 1.35 bits per heavy atom. The predicted molar refractivity (Wildman–Crippen MR) is 56.1 cm³/mol. The molecule has 5 nitrogen and oxygen atoms in total. The molecule has 1 unspecified atom stereocenters. The highest BCUT2D eigenvalue weighted by Gasteiger charge is 2.35. The van der Waals surface area contributed by atoms with Crippen LogP contribution in [0.5, 0.6) is 0 Å². The second-order valence-electron chi connectivity index (χ2n) is 3.10. The molecule has 98 valence electrons. The number of ether oxygens (including phenoxy) is 2. The van der Waals surface area contributed by atoms with Crippen LogP contribution in [0.15, 0.2) is 0 Å². The fourth-order valence-corrected chi connectivity index (χ4v) is 1.62. The van der Waals surface area contributed by atoms with Gasteiger partial charge in [-0.05, 0) is 0 Å². The van der Waals surface area contributed by atoms with E-state index in [1.807, 2.05) is 0 Å². The van der Waals surface area contributed by atoms with Gasteiger partial charge in [0.15, 0.2) is 0 Å². The van der Waals surface area contributed by atoms with E-state index in [9.17, 15) is 13.2 Å². The van der Waals surface area contributed by atoms with Gasteiger partial charge in [0.2, 0.25) is 10.1 Å². The smallest absolute Gasteiger partial charge is 0.382 e. The van der Waals surface area contributed by atoms with Gasteiger partial charge in [-0.15, -0.1) is 10.2 Å². The van der Waals surface area contributed by atoms with Crippen LogP contribution in [0.1, 0.15) is 5.01 Å². The van der Waals surface area contributed by atoms with Gasteiger partial charge in [-0.2, -0.15) is 13.2 Å². The van der Waals surface area contributed by atoms with Crippen LogP contribution in [-0.2, 0) is 15.7 Å². The van der Waals surface area contributed by atoms with Crippen LogP contribution in [0.2, 0.25) is 0 Å². The summed E-state index contributed by atoms with van der Waals surface area (Å²) in [5.74, 6) is 0. The lowest BCUT2D eigenvalue weighted by Crippen LogP contribution is -2.26. The predicted octanol–water partition coefficient (Wildman–Crippen LogP) is 1.63. The molecule has 1 aromatic rings. The van der Waals surface area contributed by atoms with Gasteiger partial charge in [0, 0.05) is 20.8 Å². The molecular formula is C8H12F3N3O2S. The largest absolute Gasteiger partial charge is 0.445 e. The van der Waals surface area contributed by atoms with Crippen LogP contribution in [0.3, 0.4) is 0 Å². The summed E-state index contributed by atoms with van der Waals surface area (Å²) in [6.45, 7) is 0.644. The molecule has 0 aliphatic rings. The Hall–Kier alpha value is -0.930. The van der Waals surface area contributed by atoms with E-state index < -0.39 is 11.2 Å². The van der Waals surface area contributed by atoms with Crippen molar-refractivity contribution in [2.75, 3.05) is 32.7 Å². The first kappa shape index (κ1) is 14.1. The molecule has 0 fully saturated rings. The topological polar surface area (TPSA) is 56.3 Å². The Morgan fingerprint density at radius 2 is 2.06 bits per heavy atom. The number of nitrogens with one attached hydrogen (secondary N) is 1. The van der Waals surface area contributed by atoms with Crippen molar-refractivity contribution < 1.29 is 22.6 Å². The van der Waals surface area contributed by atoms with E-state index in [1.165, 1.54) is 14.2 Å². The van der Waals surface area contributed by atoms with Gasteiger partial charge < -0.3 is 14.8 Å². The van der Waals surface area contributed by atoms with E-state index >= 15 is 0 Å². The van der Waals surface area contributed by atoms with Crippen molar-refractivity contribution in [1.29, 1.82) is 0 Å². The van der Waals surface area contributed by atoms with Gasteiger partial charge >= 0.3 is 6.18 Å². The molecule has 1 heterocycles. The summed E-state index contributed by atoms with van der Waals surface area (Å²) in [7, 11) is 3.01. The first-order valence-corrected chi connectivity index (χ1v) is 5.45. The highest BCUT2D eigenvalue weighted by molar-refractivity contribution is 7.15. The molecule has 0 aliphatic heterocycles.